The van der Waals surface area contributed by atoms with Gasteiger partial charge in [0.2, 0.25) is 5.91 Å². The summed E-state index contributed by atoms with van der Waals surface area (Å²) in [6.45, 7) is 0. The number of aromatic nitrogens is 1. The molecule has 0 fully saturated rings. The number of carboxylic acids is 1. The van der Waals surface area contributed by atoms with Crippen LogP contribution in [0.2, 0.25) is 0 Å². The van der Waals surface area contributed by atoms with Gasteiger partial charge in [-0.15, -0.1) is 11.3 Å². The minimum atomic E-state index is -1.16. The van der Waals surface area contributed by atoms with Crippen LogP contribution in [0.4, 0.5) is 4.39 Å². The summed E-state index contributed by atoms with van der Waals surface area (Å²) < 4.78 is 13.4. The van der Waals surface area contributed by atoms with Gasteiger partial charge in [-0.3, -0.25) is 4.79 Å². The van der Waals surface area contributed by atoms with Crippen LogP contribution in [0.15, 0.2) is 72.1 Å². The van der Waals surface area contributed by atoms with Gasteiger partial charge < -0.3 is 10.4 Å². The zero-order valence-electron chi connectivity index (χ0n) is 15.7. The first-order chi connectivity index (χ1) is 14.5. The smallest absolute Gasteiger partial charge is 0.330 e. The second-order valence-electron chi connectivity index (χ2n) is 6.78. The molecule has 0 saturated carbocycles. The van der Waals surface area contributed by atoms with Crippen molar-refractivity contribution in [2.75, 3.05) is 0 Å². The Morgan fingerprint density at radius 3 is 2.60 bits per heavy atom. The second kappa shape index (κ2) is 8.42. The molecule has 5 nitrogen and oxygen atoms in total. The third-order valence-electron chi connectivity index (χ3n) is 4.62. The maximum Gasteiger partial charge on any atom is 0.330 e. The zero-order chi connectivity index (χ0) is 21.1. The van der Waals surface area contributed by atoms with Crippen LogP contribution in [0.3, 0.4) is 0 Å². The van der Waals surface area contributed by atoms with Gasteiger partial charge in [0.15, 0.2) is 6.04 Å². The lowest BCUT2D eigenvalue weighted by molar-refractivity contribution is -0.142. The van der Waals surface area contributed by atoms with Crippen molar-refractivity contribution in [3.63, 3.8) is 0 Å². The van der Waals surface area contributed by atoms with Gasteiger partial charge in [-0.2, -0.15) is 0 Å². The molecule has 0 saturated heterocycles. The fraction of sp³-hybridized carbons (Fsp3) is 0.0870. The van der Waals surface area contributed by atoms with E-state index in [1.54, 1.807) is 29.6 Å². The Bertz CT molecular complexity index is 1240. The van der Waals surface area contributed by atoms with Crippen LogP contribution >= 0.6 is 11.3 Å². The molecular formula is C23H17FN2O3S. The zero-order valence-corrected chi connectivity index (χ0v) is 16.5. The SMILES string of the molecule is O=C(Cc1csc(-c2cccc(F)c2)n1)NC(C(=O)O)c1ccc2ccccc2c1. The highest BCUT2D eigenvalue weighted by molar-refractivity contribution is 7.13. The average molecular weight is 420 g/mol. The predicted molar refractivity (Wildman–Crippen MR) is 114 cm³/mol. The number of hydrogen-bond donors (Lipinski definition) is 2. The van der Waals surface area contributed by atoms with Crippen molar-refractivity contribution in [2.45, 2.75) is 12.5 Å². The summed E-state index contributed by atoms with van der Waals surface area (Å²) in [6.07, 6.45) is -0.0663. The van der Waals surface area contributed by atoms with E-state index in [0.717, 1.165) is 10.8 Å². The quantitative estimate of drug-likeness (QED) is 0.478. The number of nitrogens with one attached hydrogen (secondary N) is 1. The van der Waals surface area contributed by atoms with E-state index in [1.807, 2.05) is 30.3 Å². The summed E-state index contributed by atoms with van der Waals surface area (Å²) in [6, 6.07) is 17.8. The molecule has 3 aromatic carbocycles. The number of aliphatic carboxylic acids is 1. The van der Waals surface area contributed by atoms with Crippen LogP contribution in [0.1, 0.15) is 17.3 Å². The third-order valence-corrected chi connectivity index (χ3v) is 5.56. The lowest BCUT2D eigenvalue weighted by Crippen LogP contribution is -2.34. The van der Waals surface area contributed by atoms with E-state index < -0.39 is 17.9 Å². The Kier molecular flexibility index (Phi) is 5.54. The summed E-state index contributed by atoms with van der Waals surface area (Å²) in [5, 5.41) is 16.4. The molecule has 4 aromatic rings. The van der Waals surface area contributed by atoms with Crippen LogP contribution in [-0.4, -0.2) is 22.0 Å². The van der Waals surface area contributed by atoms with Crippen LogP contribution in [0.25, 0.3) is 21.3 Å². The largest absolute Gasteiger partial charge is 0.479 e. The Balaban J connectivity index is 1.49. The summed E-state index contributed by atoms with van der Waals surface area (Å²) in [4.78, 5) is 28.6. The van der Waals surface area contributed by atoms with Gasteiger partial charge in [-0.1, -0.05) is 48.5 Å². The number of halogens is 1. The minimum absolute atomic E-state index is 0.0663. The summed E-state index contributed by atoms with van der Waals surface area (Å²) in [5.74, 6) is -1.95. The van der Waals surface area contributed by atoms with E-state index in [2.05, 4.69) is 10.3 Å². The molecule has 1 unspecified atom stereocenters. The van der Waals surface area contributed by atoms with Crippen molar-refractivity contribution in [2.24, 2.45) is 0 Å². The molecule has 0 bridgehead atoms. The number of carbonyl (C=O) groups is 2. The molecule has 1 amide bonds. The Labute approximate surface area is 175 Å². The first-order valence-electron chi connectivity index (χ1n) is 9.21. The molecular weight excluding hydrogens is 403 g/mol. The van der Waals surface area contributed by atoms with Crippen molar-refractivity contribution in [3.8, 4) is 10.6 Å². The van der Waals surface area contributed by atoms with E-state index in [9.17, 15) is 19.1 Å². The van der Waals surface area contributed by atoms with E-state index in [1.165, 1.54) is 23.5 Å². The summed E-state index contributed by atoms with van der Waals surface area (Å²) >= 11 is 1.30. The molecule has 150 valence electrons. The van der Waals surface area contributed by atoms with Crippen LogP contribution < -0.4 is 5.32 Å². The van der Waals surface area contributed by atoms with E-state index in [4.69, 9.17) is 0 Å². The molecule has 1 atom stereocenters. The highest BCUT2D eigenvalue weighted by Crippen LogP contribution is 2.25. The number of fused-ring (bicyclic) bond motifs is 1. The topological polar surface area (TPSA) is 79.3 Å². The Morgan fingerprint density at radius 1 is 1.03 bits per heavy atom. The number of carbonyl (C=O) groups excluding carboxylic acids is 1. The predicted octanol–water partition coefficient (Wildman–Crippen LogP) is 4.59. The highest BCUT2D eigenvalue weighted by Gasteiger charge is 2.23. The van der Waals surface area contributed by atoms with Gasteiger partial charge in [0, 0.05) is 10.9 Å². The van der Waals surface area contributed by atoms with Gasteiger partial charge in [0.1, 0.15) is 10.8 Å². The lowest BCUT2D eigenvalue weighted by Gasteiger charge is -2.15. The molecule has 0 radical (unpaired) electrons. The standard InChI is InChI=1S/C23H17FN2O3S/c24-18-7-3-6-17(11-18)22-25-19(13-30-22)12-20(27)26-21(23(28)29)16-9-8-14-4-1-2-5-15(14)10-16/h1-11,13,21H,12H2,(H,26,27)(H,28,29). The summed E-state index contributed by atoms with van der Waals surface area (Å²) in [5.41, 5.74) is 1.62. The van der Waals surface area contributed by atoms with Crippen molar-refractivity contribution in [1.82, 2.24) is 10.3 Å². The van der Waals surface area contributed by atoms with Gasteiger partial charge in [-0.05, 0) is 34.5 Å². The van der Waals surface area contributed by atoms with E-state index in [0.29, 0.717) is 21.8 Å². The van der Waals surface area contributed by atoms with Crippen LogP contribution in [-0.2, 0) is 16.0 Å². The van der Waals surface area contributed by atoms with Gasteiger partial charge in [0.05, 0.1) is 12.1 Å². The number of thiazole rings is 1. The second-order valence-corrected chi connectivity index (χ2v) is 7.63. The maximum absolute atomic E-state index is 13.4. The molecule has 2 N–H and O–H groups in total. The lowest BCUT2D eigenvalue weighted by atomic mass is 10.0. The van der Waals surface area contributed by atoms with Crippen molar-refractivity contribution in [1.29, 1.82) is 0 Å². The number of carboxylic acid groups (broad SMARTS) is 1. The van der Waals surface area contributed by atoms with Crippen molar-refractivity contribution in [3.05, 3.63) is 89.2 Å². The minimum Gasteiger partial charge on any atom is -0.479 e. The first kappa shape index (κ1) is 19.7. The third kappa shape index (κ3) is 4.36. The van der Waals surface area contributed by atoms with Crippen molar-refractivity contribution >= 4 is 34.0 Å². The molecule has 30 heavy (non-hydrogen) atoms. The molecule has 0 aliphatic rings. The monoisotopic (exact) mass is 420 g/mol. The number of hydrogen-bond acceptors (Lipinski definition) is 4. The van der Waals surface area contributed by atoms with Crippen LogP contribution in [0.5, 0.6) is 0 Å². The molecule has 0 aliphatic heterocycles. The van der Waals surface area contributed by atoms with Gasteiger partial charge in [0.25, 0.3) is 0 Å². The molecule has 7 heteroatoms. The van der Waals surface area contributed by atoms with Crippen molar-refractivity contribution < 1.29 is 19.1 Å². The normalized spacial score (nSPS) is 11.9. The summed E-state index contributed by atoms with van der Waals surface area (Å²) in [7, 11) is 0. The molecule has 0 aliphatic carbocycles. The number of rotatable bonds is 6. The van der Waals surface area contributed by atoms with Gasteiger partial charge in [-0.25, -0.2) is 14.2 Å². The maximum atomic E-state index is 13.4. The van der Waals surface area contributed by atoms with E-state index >= 15 is 0 Å². The number of benzene rings is 3. The molecule has 1 heterocycles. The number of amides is 1. The molecule has 1 aromatic heterocycles. The first-order valence-corrected chi connectivity index (χ1v) is 10.1. The Morgan fingerprint density at radius 2 is 1.83 bits per heavy atom. The van der Waals surface area contributed by atoms with E-state index in [-0.39, 0.29) is 12.2 Å². The number of nitrogens with zero attached hydrogens (tertiary/aromatic N) is 1. The fourth-order valence-electron chi connectivity index (χ4n) is 3.19. The Hall–Kier alpha value is -3.58. The highest BCUT2D eigenvalue weighted by atomic mass is 32.1. The van der Waals surface area contributed by atoms with Crippen LogP contribution in [0, 0.1) is 5.82 Å². The molecule has 4 rings (SSSR count). The van der Waals surface area contributed by atoms with Gasteiger partial charge >= 0.3 is 5.97 Å². The average Bonchev–Trinajstić information content (AvgIpc) is 3.20. The fourth-order valence-corrected chi connectivity index (χ4v) is 4.01. The molecule has 0 spiro atoms.